The number of pyridine rings is 1. The lowest BCUT2D eigenvalue weighted by Gasteiger charge is -2.16. The van der Waals surface area contributed by atoms with Crippen molar-refractivity contribution >= 4 is 11.6 Å². The fourth-order valence-electron chi connectivity index (χ4n) is 1.91. The van der Waals surface area contributed by atoms with Crippen molar-refractivity contribution in [1.82, 2.24) is 20.2 Å². The first-order valence-corrected chi connectivity index (χ1v) is 6.04. The summed E-state index contributed by atoms with van der Waals surface area (Å²) >= 11 is 6.11. The zero-order valence-corrected chi connectivity index (χ0v) is 11.1. The summed E-state index contributed by atoms with van der Waals surface area (Å²) in [6, 6.07) is 1.89. The van der Waals surface area contributed by atoms with Gasteiger partial charge in [0.25, 0.3) is 0 Å². The van der Waals surface area contributed by atoms with E-state index in [9.17, 15) is 0 Å². The molecule has 0 amide bonds. The number of hydrazine groups is 1. The van der Waals surface area contributed by atoms with Crippen LogP contribution in [0.1, 0.15) is 22.9 Å². The molecule has 0 spiro atoms. The van der Waals surface area contributed by atoms with Crippen LogP contribution in [0.25, 0.3) is 0 Å². The summed E-state index contributed by atoms with van der Waals surface area (Å²) in [4.78, 5) is 3.97. The molecular weight excluding hydrogens is 250 g/mol. The lowest BCUT2D eigenvalue weighted by molar-refractivity contribution is 0.548. The standard InChI is InChI=1S/C12H16ClN5/c1-8-10(6-16-18(8)2)12(17-14)5-9-3-4-15-7-11(9)13/h3-4,6-7,12,17H,5,14H2,1-2H3. The van der Waals surface area contributed by atoms with E-state index < -0.39 is 0 Å². The quantitative estimate of drug-likeness (QED) is 0.650. The fraction of sp³-hybridized carbons (Fsp3) is 0.333. The minimum absolute atomic E-state index is 0.0152. The Morgan fingerprint density at radius 3 is 2.83 bits per heavy atom. The lowest BCUT2D eigenvalue weighted by atomic mass is 10.0. The highest BCUT2D eigenvalue weighted by atomic mass is 35.5. The summed E-state index contributed by atoms with van der Waals surface area (Å²) in [5, 5.41) is 4.88. The topological polar surface area (TPSA) is 68.8 Å². The van der Waals surface area contributed by atoms with Gasteiger partial charge in [-0.05, 0) is 25.0 Å². The normalized spacial score (nSPS) is 12.7. The summed E-state index contributed by atoms with van der Waals surface area (Å²) < 4.78 is 1.83. The van der Waals surface area contributed by atoms with Gasteiger partial charge in [0.05, 0.1) is 17.3 Å². The molecule has 0 aliphatic rings. The molecule has 0 aromatic carbocycles. The molecule has 2 rings (SSSR count). The van der Waals surface area contributed by atoms with E-state index in [4.69, 9.17) is 17.4 Å². The van der Waals surface area contributed by atoms with E-state index >= 15 is 0 Å². The molecule has 2 aromatic rings. The average Bonchev–Trinajstić information content (AvgIpc) is 2.70. The van der Waals surface area contributed by atoms with Crippen molar-refractivity contribution in [3.8, 4) is 0 Å². The smallest absolute Gasteiger partial charge is 0.0622 e. The summed E-state index contributed by atoms with van der Waals surface area (Å²) in [5.41, 5.74) is 5.99. The molecule has 96 valence electrons. The third-order valence-corrected chi connectivity index (χ3v) is 3.47. The molecule has 0 saturated heterocycles. The van der Waals surface area contributed by atoms with Crippen LogP contribution >= 0.6 is 11.6 Å². The monoisotopic (exact) mass is 265 g/mol. The molecule has 0 bridgehead atoms. The van der Waals surface area contributed by atoms with Crippen molar-refractivity contribution in [3.05, 3.63) is 46.5 Å². The van der Waals surface area contributed by atoms with Crippen LogP contribution in [0.5, 0.6) is 0 Å². The maximum Gasteiger partial charge on any atom is 0.0622 e. The van der Waals surface area contributed by atoms with Crippen LogP contribution in [0.2, 0.25) is 5.02 Å². The number of hydrogen-bond acceptors (Lipinski definition) is 4. The van der Waals surface area contributed by atoms with E-state index in [1.165, 1.54) is 0 Å². The number of aromatic nitrogens is 3. The zero-order chi connectivity index (χ0) is 13.1. The second kappa shape index (κ2) is 5.48. The number of nitrogens with two attached hydrogens (primary N) is 1. The van der Waals surface area contributed by atoms with Crippen LogP contribution in [0.4, 0.5) is 0 Å². The largest absolute Gasteiger partial charge is 0.273 e. The molecule has 3 N–H and O–H groups in total. The molecule has 5 nitrogen and oxygen atoms in total. The predicted molar refractivity (Wildman–Crippen MR) is 71.0 cm³/mol. The second-order valence-electron chi connectivity index (χ2n) is 4.20. The molecule has 0 fully saturated rings. The van der Waals surface area contributed by atoms with E-state index in [-0.39, 0.29) is 6.04 Å². The predicted octanol–water partition coefficient (Wildman–Crippen LogP) is 1.52. The number of halogens is 1. The number of nitrogens with one attached hydrogen (secondary N) is 1. The van der Waals surface area contributed by atoms with Crippen molar-refractivity contribution in [2.24, 2.45) is 12.9 Å². The Labute approximate surface area is 111 Å². The molecule has 18 heavy (non-hydrogen) atoms. The average molecular weight is 266 g/mol. The number of nitrogens with zero attached hydrogens (tertiary/aromatic N) is 3. The van der Waals surface area contributed by atoms with Crippen molar-refractivity contribution in [2.45, 2.75) is 19.4 Å². The van der Waals surface area contributed by atoms with Crippen molar-refractivity contribution in [2.75, 3.05) is 0 Å². The van der Waals surface area contributed by atoms with Gasteiger partial charge in [-0.15, -0.1) is 0 Å². The van der Waals surface area contributed by atoms with Gasteiger partial charge in [-0.3, -0.25) is 20.9 Å². The highest BCUT2D eigenvalue weighted by Crippen LogP contribution is 2.23. The number of rotatable bonds is 4. The molecule has 0 radical (unpaired) electrons. The first-order chi connectivity index (χ1) is 8.63. The molecule has 1 atom stereocenters. The second-order valence-corrected chi connectivity index (χ2v) is 4.61. The van der Waals surface area contributed by atoms with Crippen molar-refractivity contribution in [3.63, 3.8) is 0 Å². The summed E-state index contributed by atoms with van der Waals surface area (Å²) in [5.74, 6) is 5.64. The zero-order valence-electron chi connectivity index (χ0n) is 10.4. The first kappa shape index (κ1) is 13.0. The van der Waals surface area contributed by atoms with Gasteiger partial charge in [0.15, 0.2) is 0 Å². The van der Waals surface area contributed by atoms with Gasteiger partial charge < -0.3 is 0 Å². The highest BCUT2D eigenvalue weighted by molar-refractivity contribution is 6.31. The van der Waals surface area contributed by atoms with Gasteiger partial charge in [0, 0.05) is 30.7 Å². The molecule has 2 heterocycles. The Kier molecular flexibility index (Phi) is 3.96. The summed E-state index contributed by atoms with van der Waals surface area (Å²) in [6.45, 7) is 2.01. The van der Waals surface area contributed by atoms with Gasteiger partial charge >= 0.3 is 0 Å². The summed E-state index contributed by atoms with van der Waals surface area (Å²) in [6.07, 6.45) is 5.89. The Morgan fingerprint density at radius 1 is 1.50 bits per heavy atom. The van der Waals surface area contributed by atoms with Crippen LogP contribution < -0.4 is 11.3 Å². The van der Waals surface area contributed by atoms with Gasteiger partial charge in [-0.25, -0.2) is 0 Å². The Bertz CT molecular complexity index is 537. The van der Waals surface area contributed by atoms with Crippen LogP contribution in [0.3, 0.4) is 0 Å². The molecular formula is C12H16ClN5. The molecule has 6 heteroatoms. The maximum atomic E-state index is 6.11. The van der Waals surface area contributed by atoms with E-state index in [0.717, 1.165) is 16.8 Å². The molecule has 1 unspecified atom stereocenters. The minimum atomic E-state index is -0.0152. The number of hydrogen-bond donors (Lipinski definition) is 2. The Balaban J connectivity index is 2.25. The van der Waals surface area contributed by atoms with Crippen LogP contribution in [-0.4, -0.2) is 14.8 Å². The van der Waals surface area contributed by atoms with Gasteiger partial charge in [0.2, 0.25) is 0 Å². The Hall–Kier alpha value is -1.43. The molecule has 0 saturated carbocycles. The summed E-state index contributed by atoms with van der Waals surface area (Å²) in [7, 11) is 1.91. The van der Waals surface area contributed by atoms with Crippen LogP contribution in [-0.2, 0) is 13.5 Å². The molecule has 2 aromatic heterocycles. The maximum absolute atomic E-state index is 6.11. The van der Waals surface area contributed by atoms with Crippen molar-refractivity contribution < 1.29 is 0 Å². The third-order valence-electron chi connectivity index (χ3n) is 3.13. The third kappa shape index (κ3) is 2.53. The number of aryl methyl sites for hydroxylation is 1. The molecule has 0 aliphatic carbocycles. The first-order valence-electron chi connectivity index (χ1n) is 5.66. The van der Waals surface area contributed by atoms with E-state index in [1.807, 2.05) is 30.9 Å². The fourth-order valence-corrected chi connectivity index (χ4v) is 2.10. The minimum Gasteiger partial charge on any atom is -0.273 e. The van der Waals surface area contributed by atoms with E-state index in [2.05, 4.69) is 15.5 Å². The Morgan fingerprint density at radius 2 is 2.28 bits per heavy atom. The van der Waals surface area contributed by atoms with Gasteiger partial charge in [0.1, 0.15) is 0 Å². The molecule has 0 aliphatic heterocycles. The van der Waals surface area contributed by atoms with E-state index in [1.54, 1.807) is 12.4 Å². The van der Waals surface area contributed by atoms with Crippen molar-refractivity contribution in [1.29, 1.82) is 0 Å². The lowest BCUT2D eigenvalue weighted by Crippen LogP contribution is -2.30. The highest BCUT2D eigenvalue weighted by Gasteiger charge is 2.17. The van der Waals surface area contributed by atoms with Crippen LogP contribution in [0, 0.1) is 6.92 Å². The van der Waals surface area contributed by atoms with Gasteiger partial charge in [-0.1, -0.05) is 11.6 Å². The van der Waals surface area contributed by atoms with Gasteiger partial charge in [-0.2, -0.15) is 5.10 Å². The van der Waals surface area contributed by atoms with Crippen LogP contribution in [0.15, 0.2) is 24.7 Å². The van der Waals surface area contributed by atoms with E-state index in [0.29, 0.717) is 11.4 Å². The SMILES string of the molecule is Cc1c(C(Cc2ccncc2Cl)NN)cnn1C.